The molecule has 1 amide bonds. The molecular formula is C18H13F2NO5S. The van der Waals surface area contributed by atoms with Crippen molar-refractivity contribution in [2.75, 3.05) is 7.11 Å². The first-order chi connectivity index (χ1) is 12.8. The first kappa shape index (κ1) is 18.6. The SMILES string of the molecule is COc1cccc2sc(C(=O)O)c(COc3c(F)cc(C(N)=O)cc3F)c12. The Morgan fingerprint density at radius 2 is 1.89 bits per heavy atom. The Bertz CT molecular complexity index is 1040. The van der Waals surface area contributed by atoms with Gasteiger partial charge in [-0.15, -0.1) is 11.3 Å². The zero-order valence-corrected chi connectivity index (χ0v) is 14.7. The van der Waals surface area contributed by atoms with Gasteiger partial charge in [0.25, 0.3) is 0 Å². The lowest BCUT2D eigenvalue weighted by Crippen LogP contribution is -2.12. The van der Waals surface area contributed by atoms with E-state index in [2.05, 4.69) is 0 Å². The molecule has 9 heteroatoms. The number of hydrogen-bond acceptors (Lipinski definition) is 5. The smallest absolute Gasteiger partial charge is 0.346 e. The number of hydrogen-bond donors (Lipinski definition) is 2. The summed E-state index contributed by atoms with van der Waals surface area (Å²) in [5.41, 5.74) is 4.90. The molecule has 0 spiro atoms. The van der Waals surface area contributed by atoms with Gasteiger partial charge >= 0.3 is 5.97 Å². The monoisotopic (exact) mass is 393 g/mol. The van der Waals surface area contributed by atoms with Crippen molar-refractivity contribution in [3.05, 3.63) is 58.0 Å². The maximum Gasteiger partial charge on any atom is 0.346 e. The highest BCUT2D eigenvalue weighted by Gasteiger charge is 2.22. The van der Waals surface area contributed by atoms with Crippen molar-refractivity contribution in [2.24, 2.45) is 5.73 Å². The minimum absolute atomic E-state index is 0.0240. The van der Waals surface area contributed by atoms with Gasteiger partial charge in [-0.25, -0.2) is 13.6 Å². The van der Waals surface area contributed by atoms with Crippen LogP contribution in [0.4, 0.5) is 8.78 Å². The highest BCUT2D eigenvalue weighted by atomic mass is 32.1. The third-order valence-electron chi connectivity index (χ3n) is 3.83. The number of methoxy groups -OCH3 is 1. The molecule has 0 saturated heterocycles. The van der Waals surface area contributed by atoms with Gasteiger partial charge in [0.15, 0.2) is 17.4 Å². The Morgan fingerprint density at radius 3 is 2.44 bits per heavy atom. The van der Waals surface area contributed by atoms with Gasteiger partial charge in [-0.1, -0.05) is 6.07 Å². The van der Waals surface area contributed by atoms with Crippen LogP contribution in [0.25, 0.3) is 10.1 Å². The van der Waals surface area contributed by atoms with Gasteiger partial charge in [-0.3, -0.25) is 4.79 Å². The fourth-order valence-corrected chi connectivity index (χ4v) is 3.71. The number of rotatable bonds is 6. The molecule has 0 aliphatic heterocycles. The third kappa shape index (κ3) is 3.41. The molecule has 3 aromatic rings. The number of amides is 1. The van der Waals surface area contributed by atoms with Crippen LogP contribution in [-0.4, -0.2) is 24.1 Å². The highest BCUT2D eigenvalue weighted by molar-refractivity contribution is 7.21. The van der Waals surface area contributed by atoms with Crippen molar-refractivity contribution in [3.63, 3.8) is 0 Å². The first-order valence-corrected chi connectivity index (χ1v) is 8.38. The zero-order chi connectivity index (χ0) is 19.7. The molecule has 27 heavy (non-hydrogen) atoms. The Balaban J connectivity index is 2.04. The molecule has 0 fully saturated rings. The average molecular weight is 393 g/mol. The lowest BCUT2D eigenvalue weighted by atomic mass is 10.1. The minimum Gasteiger partial charge on any atom is -0.496 e. The topological polar surface area (TPSA) is 98.8 Å². The summed E-state index contributed by atoms with van der Waals surface area (Å²) in [6, 6.07) is 6.57. The molecule has 2 aromatic carbocycles. The number of thiophene rings is 1. The van der Waals surface area contributed by atoms with Crippen LogP contribution in [0.1, 0.15) is 25.6 Å². The van der Waals surface area contributed by atoms with Gasteiger partial charge in [-0.2, -0.15) is 0 Å². The van der Waals surface area contributed by atoms with Gasteiger partial charge < -0.3 is 20.3 Å². The third-order valence-corrected chi connectivity index (χ3v) is 5.02. The number of carbonyl (C=O) groups is 2. The molecular weight excluding hydrogens is 380 g/mol. The molecule has 0 bridgehead atoms. The van der Waals surface area contributed by atoms with Crippen molar-refractivity contribution in [3.8, 4) is 11.5 Å². The largest absolute Gasteiger partial charge is 0.496 e. The predicted octanol–water partition coefficient (Wildman–Crippen LogP) is 3.56. The summed E-state index contributed by atoms with van der Waals surface area (Å²) in [5, 5.41) is 9.95. The van der Waals surface area contributed by atoms with E-state index in [9.17, 15) is 23.5 Å². The molecule has 140 valence electrons. The van der Waals surface area contributed by atoms with E-state index in [1.807, 2.05) is 0 Å². The van der Waals surface area contributed by atoms with Crippen molar-refractivity contribution >= 4 is 33.3 Å². The van der Waals surface area contributed by atoms with Crippen LogP contribution in [0.2, 0.25) is 0 Å². The Kier molecular flexibility index (Phi) is 4.95. The molecule has 0 atom stereocenters. The van der Waals surface area contributed by atoms with Gasteiger partial charge in [0, 0.05) is 21.2 Å². The Labute approximate surface area is 155 Å². The van der Waals surface area contributed by atoms with Crippen LogP contribution >= 0.6 is 11.3 Å². The van der Waals surface area contributed by atoms with Crippen LogP contribution in [0, 0.1) is 11.6 Å². The summed E-state index contributed by atoms with van der Waals surface area (Å²) in [5.74, 6) is -4.73. The van der Waals surface area contributed by atoms with Crippen LogP contribution < -0.4 is 15.2 Å². The number of benzene rings is 2. The van der Waals surface area contributed by atoms with Crippen LogP contribution in [0.3, 0.4) is 0 Å². The highest BCUT2D eigenvalue weighted by Crippen LogP contribution is 2.38. The number of carboxylic acid groups (broad SMARTS) is 1. The zero-order valence-electron chi connectivity index (χ0n) is 13.9. The summed E-state index contributed by atoms with van der Waals surface area (Å²) < 4.78 is 39.3. The molecule has 3 rings (SSSR count). The van der Waals surface area contributed by atoms with Crippen molar-refractivity contribution < 1.29 is 33.0 Å². The van der Waals surface area contributed by atoms with E-state index >= 15 is 0 Å². The second-order valence-electron chi connectivity index (χ2n) is 5.47. The van der Waals surface area contributed by atoms with Crippen molar-refractivity contribution in [1.29, 1.82) is 0 Å². The standard InChI is InChI=1S/C18H13F2NO5S/c1-25-12-3-2-4-13-14(12)9(16(27-13)18(23)24)7-26-15-10(19)5-8(17(21)22)6-11(15)20/h2-6H,7H2,1H3,(H2,21,22)(H,23,24). The summed E-state index contributed by atoms with van der Waals surface area (Å²) >= 11 is 1.00. The molecule has 1 aromatic heterocycles. The molecule has 0 aliphatic rings. The predicted molar refractivity (Wildman–Crippen MR) is 94.5 cm³/mol. The number of ether oxygens (including phenoxy) is 2. The lowest BCUT2D eigenvalue weighted by Gasteiger charge is -2.11. The summed E-state index contributed by atoms with van der Waals surface area (Å²) in [7, 11) is 1.43. The van der Waals surface area contributed by atoms with E-state index in [-0.39, 0.29) is 16.0 Å². The van der Waals surface area contributed by atoms with E-state index in [4.69, 9.17) is 15.2 Å². The molecule has 0 unspecified atom stereocenters. The number of halogens is 2. The summed E-state index contributed by atoms with van der Waals surface area (Å²) in [6.45, 7) is -0.411. The minimum atomic E-state index is -1.19. The van der Waals surface area contributed by atoms with Crippen molar-refractivity contribution in [2.45, 2.75) is 6.61 Å². The summed E-state index contributed by atoms with van der Waals surface area (Å²) in [4.78, 5) is 22.6. The van der Waals surface area contributed by atoms with E-state index in [1.54, 1.807) is 18.2 Å². The van der Waals surface area contributed by atoms with Gasteiger partial charge in [-0.05, 0) is 24.3 Å². The second-order valence-corrected chi connectivity index (χ2v) is 6.52. The molecule has 1 heterocycles. The van der Waals surface area contributed by atoms with Crippen LogP contribution in [0.15, 0.2) is 30.3 Å². The molecule has 3 N–H and O–H groups in total. The Hall–Kier alpha value is -3.20. The van der Waals surface area contributed by atoms with E-state index < -0.39 is 35.9 Å². The number of carbonyl (C=O) groups excluding carboxylic acids is 1. The van der Waals surface area contributed by atoms with Gasteiger partial charge in [0.2, 0.25) is 5.91 Å². The van der Waals surface area contributed by atoms with Crippen LogP contribution in [0.5, 0.6) is 11.5 Å². The second kappa shape index (κ2) is 7.20. The number of aromatic carboxylic acids is 1. The van der Waals surface area contributed by atoms with Gasteiger partial charge in [0.05, 0.1) is 7.11 Å². The summed E-state index contributed by atoms with van der Waals surface area (Å²) in [6.07, 6.45) is 0. The number of carboxylic acids is 1. The average Bonchev–Trinajstić information content (AvgIpc) is 3.00. The number of fused-ring (bicyclic) bond motifs is 1. The molecule has 0 saturated carbocycles. The number of nitrogens with two attached hydrogens (primary N) is 1. The van der Waals surface area contributed by atoms with Crippen molar-refractivity contribution in [1.82, 2.24) is 0 Å². The normalized spacial score (nSPS) is 10.8. The van der Waals surface area contributed by atoms with E-state index in [0.29, 0.717) is 15.8 Å². The fraction of sp³-hybridized carbons (Fsp3) is 0.111. The fourth-order valence-electron chi connectivity index (χ4n) is 2.64. The van der Waals surface area contributed by atoms with Crippen LogP contribution in [-0.2, 0) is 6.61 Å². The molecule has 6 nitrogen and oxygen atoms in total. The maximum absolute atomic E-state index is 14.1. The number of primary amides is 1. The van der Waals surface area contributed by atoms with Gasteiger partial charge in [0.1, 0.15) is 17.2 Å². The molecule has 0 radical (unpaired) electrons. The van der Waals surface area contributed by atoms with E-state index in [1.165, 1.54) is 7.11 Å². The first-order valence-electron chi connectivity index (χ1n) is 7.56. The lowest BCUT2D eigenvalue weighted by molar-refractivity contribution is 0.0699. The Morgan fingerprint density at radius 1 is 1.22 bits per heavy atom. The maximum atomic E-state index is 14.1. The quantitative estimate of drug-likeness (QED) is 0.667. The van der Waals surface area contributed by atoms with E-state index in [0.717, 1.165) is 23.5 Å². The molecule has 0 aliphatic carbocycles.